The molecule has 0 N–H and O–H groups in total. The first-order valence-electron chi connectivity index (χ1n) is 8.98. The molecule has 0 unspecified atom stereocenters. The highest BCUT2D eigenvalue weighted by Crippen LogP contribution is 2.39. The topological polar surface area (TPSA) is 48.0 Å². The van der Waals surface area contributed by atoms with Gasteiger partial charge >= 0.3 is 0 Å². The van der Waals surface area contributed by atoms with Gasteiger partial charge in [0.15, 0.2) is 6.10 Å². The Kier molecular flexibility index (Phi) is 5.84. The summed E-state index contributed by atoms with van der Waals surface area (Å²) in [6.07, 6.45) is 1.10. The van der Waals surface area contributed by atoms with Crippen molar-refractivity contribution < 1.29 is 23.4 Å². The number of nitrogens with zero attached hydrogens (tertiary/aromatic N) is 1. The first-order chi connectivity index (χ1) is 13.0. The smallest absolute Gasteiger partial charge is 0.263 e. The van der Waals surface area contributed by atoms with Crippen LogP contribution in [0.5, 0.6) is 17.2 Å². The van der Waals surface area contributed by atoms with E-state index in [1.54, 1.807) is 21.1 Å². The van der Waals surface area contributed by atoms with E-state index in [-0.39, 0.29) is 17.8 Å². The van der Waals surface area contributed by atoms with Crippen LogP contribution in [0.1, 0.15) is 31.4 Å². The van der Waals surface area contributed by atoms with Gasteiger partial charge in [-0.3, -0.25) is 4.79 Å². The van der Waals surface area contributed by atoms with E-state index in [9.17, 15) is 9.18 Å². The summed E-state index contributed by atoms with van der Waals surface area (Å²) in [5.41, 5.74) is 0.957. The maximum Gasteiger partial charge on any atom is 0.263 e. The van der Waals surface area contributed by atoms with Crippen LogP contribution in [0.2, 0.25) is 0 Å². The van der Waals surface area contributed by atoms with E-state index in [4.69, 9.17) is 14.2 Å². The Hall–Kier alpha value is -2.76. The predicted octanol–water partition coefficient (Wildman–Crippen LogP) is 3.97. The number of hydrogen-bond donors (Lipinski definition) is 0. The number of rotatable bonds is 6. The van der Waals surface area contributed by atoms with Gasteiger partial charge in [0.1, 0.15) is 23.1 Å². The zero-order chi connectivity index (χ0) is 19.4. The molecule has 0 aromatic heterocycles. The molecule has 2 aromatic rings. The molecule has 3 rings (SSSR count). The molecule has 0 bridgehead atoms. The number of methoxy groups -OCH3 is 2. The number of carbonyl (C=O) groups is 1. The van der Waals surface area contributed by atoms with E-state index in [0.29, 0.717) is 23.8 Å². The lowest BCUT2D eigenvalue weighted by atomic mass is 10.0. The normalized spacial score (nSPS) is 17.5. The molecule has 2 atom stereocenters. The molecule has 1 saturated heterocycles. The summed E-state index contributed by atoms with van der Waals surface area (Å²) in [6, 6.07) is 11.2. The molecule has 1 amide bonds. The number of amides is 1. The summed E-state index contributed by atoms with van der Waals surface area (Å²) in [4.78, 5) is 14.8. The summed E-state index contributed by atoms with van der Waals surface area (Å²) < 4.78 is 29.5. The standard InChI is InChI=1S/C21H24FNO4/c1-14(27-16-8-6-15(22)7-9-16)21(24)23-12-4-5-19(23)18-11-10-17(25-2)13-20(18)26-3/h6-11,13-14,19H,4-5,12H2,1-3H3/t14-,19+/m0/s1. The fourth-order valence-corrected chi connectivity index (χ4v) is 3.45. The molecule has 1 heterocycles. The molecule has 144 valence electrons. The highest BCUT2D eigenvalue weighted by molar-refractivity contribution is 5.81. The van der Waals surface area contributed by atoms with Gasteiger partial charge in [-0.2, -0.15) is 0 Å². The van der Waals surface area contributed by atoms with E-state index in [2.05, 4.69) is 0 Å². The third-order valence-corrected chi connectivity index (χ3v) is 4.81. The molecule has 1 fully saturated rings. The van der Waals surface area contributed by atoms with E-state index in [0.717, 1.165) is 18.4 Å². The molecule has 0 aliphatic carbocycles. The number of carbonyl (C=O) groups excluding carboxylic acids is 1. The van der Waals surface area contributed by atoms with Crippen LogP contribution in [0, 0.1) is 5.82 Å². The lowest BCUT2D eigenvalue weighted by molar-refractivity contribution is -0.138. The van der Waals surface area contributed by atoms with E-state index in [1.165, 1.54) is 24.3 Å². The second kappa shape index (κ2) is 8.29. The summed E-state index contributed by atoms with van der Waals surface area (Å²) in [7, 11) is 3.22. The maximum atomic E-state index is 13.0. The van der Waals surface area contributed by atoms with Gasteiger partial charge in [0.2, 0.25) is 0 Å². The zero-order valence-corrected chi connectivity index (χ0v) is 15.8. The summed E-state index contributed by atoms with van der Waals surface area (Å²) in [5.74, 6) is 1.44. The number of ether oxygens (including phenoxy) is 3. The molecule has 0 radical (unpaired) electrons. The van der Waals surface area contributed by atoms with Crippen LogP contribution in [-0.2, 0) is 4.79 Å². The van der Waals surface area contributed by atoms with Crippen molar-refractivity contribution in [2.24, 2.45) is 0 Å². The second-order valence-electron chi connectivity index (χ2n) is 6.51. The lowest BCUT2D eigenvalue weighted by Gasteiger charge is -2.29. The third-order valence-electron chi connectivity index (χ3n) is 4.81. The number of benzene rings is 2. The minimum atomic E-state index is -0.666. The van der Waals surface area contributed by atoms with E-state index < -0.39 is 6.10 Å². The predicted molar refractivity (Wildman–Crippen MR) is 99.7 cm³/mol. The van der Waals surface area contributed by atoms with Gasteiger partial charge in [-0.25, -0.2) is 4.39 Å². The van der Waals surface area contributed by atoms with Crippen molar-refractivity contribution in [2.45, 2.75) is 31.9 Å². The Balaban J connectivity index is 1.77. The van der Waals surface area contributed by atoms with Gasteiger partial charge in [0.25, 0.3) is 5.91 Å². The highest BCUT2D eigenvalue weighted by atomic mass is 19.1. The quantitative estimate of drug-likeness (QED) is 0.769. The first-order valence-corrected chi connectivity index (χ1v) is 8.98. The Morgan fingerprint density at radius 3 is 2.48 bits per heavy atom. The molecule has 0 spiro atoms. The van der Waals surface area contributed by atoms with Crippen LogP contribution in [0.15, 0.2) is 42.5 Å². The van der Waals surface area contributed by atoms with Crippen molar-refractivity contribution in [1.29, 1.82) is 0 Å². The minimum Gasteiger partial charge on any atom is -0.497 e. The van der Waals surface area contributed by atoms with E-state index >= 15 is 0 Å². The summed E-state index contributed by atoms with van der Waals surface area (Å²) >= 11 is 0. The van der Waals surface area contributed by atoms with Crippen LogP contribution in [0.3, 0.4) is 0 Å². The van der Waals surface area contributed by atoms with Crippen LogP contribution >= 0.6 is 0 Å². The first kappa shape index (κ1) is 19.0. The maximum absolute atomic E-state index is 13.0. The fraction of sp³-hybridized carbons (Fsp3) is 0.381. The Morgan fingerprint density at radius 2 is 1.81 bits per heavy atom. The van der Waals surface area contributed by atoms with Crippen LogP contribution < -0.4 is 14.2 Å². The van der Waals surface area contributed by atoms with Gasteiger partial charge < -0.3 is 19.1 Å². The molecule has 2 aromatic carbocycles. The molecule has 5 nitrogen and oxygen atoms in total. The monoisotopic (exact) mass is 373 g/mol. The van der Waals surface area contributed by atoms with Crippen LogP contribution in [0.25, 0.3) is 0 Å². The van der Waals surface area contributed by atoms with Gasteiger partial charge in [-0.05, 0) is 56.2 Å². The Labute approximate surface area is 158 Å². The summed E-state index contributed by atoms with van der Waals surface area (Å²) in [5, 5.41) is 0. The lowest BCUT2D eigenvalue weighted by Crippen LogP contribution is -2.40. The zero-order valence-electron chi connectivity index (χ0n) is 15.8. The molecular weight excluding hydrogens is 349 g/mol. The Morgan fingerprint density at radius 1 is 1.11 bits per heavy atom. The SMILES string of the molecule is COc1ccc([C@H]2CCCN2C(=O)[C@H](C)Oc2ccc(F)cc2)c(OC)c1. The van der Waals surface area contributed by atoms with Gasteiger partial charge in [-0.15, -0.1) is 0 Å². The van der Waals surface area contributed by atoms with Gasteiger partial charge in [0, 0.05) is 18.2 Å². The second-order valence-corrected chi connectivity index (χ2v) is 6.51. The average Bonchev–Trinajstić information content (AvgIpc) is 3.18. The van der Waals surface area contributed by atoms with Gasteiger partial charge in [0.05, 0.1) is 20.3 Å². The van der Waals surface area contributed by atoms with Crippen LogP contribution in [-0.4, -0.2) is 37.7 Å². The summed E-state index contributed by atoms with van der Waals surface area (Å²) in [6.45, 7) is 2.38. The number of hydrogen-bond acceptors (Lipinski definition) is 4. The number of halogens is 1. The van der Waals surface area contributed by atoms with Crippen molar-refractivity contribution in [2.75, 3.05) is 20.8 Å². The van der Waals surface area contributed by atoms with Crippen molar-refractivity contribution in [3.8, 4) is 17.2 Å². The van der Waals surface area contributed by atoms with Crippen molar-refractivity contribution in [1.82, 2.24) is 4.90 Å². The largest absolute Gasteiger partial charge is 0.497 e. The highest BCUT2D eigenvalue weighted by Gasteiger charge is 2.34. The third kappa shape index (κ3) is 4.15. The molecule has 27 heavy (non-hydrogen) atoms. The minimum absolute atomic E-state index is 0.0716. The molecule has 0 saturated carbocycles. The van der Waals surface area contributed by atoms with Crippen molar-refractivity contribution in [3.63, 3.8) is 0 Å². The molecular formula is C21H24FNO4. The number of likely N-dealkylation sites (tertiary alicyclic amines) is 1. The van der Waals surface area contributed by atoms with Crippen LogP contribution in [0.4, 0.5) is 4.39 Å². The fourth-order valence-electron chi connectivity index (χ4n) is 3.45. The Bertz CT molecular complexity index is 793. The van der Waals surface area contributed by atoms with E-state index in [1.807, 2.05) is 23.1 Å². The van der Waals surface area contributed by atoms with Gasteiger partial charge in [-0.1, -0.05) is 0 Å². The average molecular weight is 373 g/mol. The molecule has 1 aliphatic rings. The molecule has 1 aliphatic heterocycles. The van der Waals surface area contributed by atoms with Crippen molar-refractivity contribution >= 4 is 5.91 Å². The molecule has 6 heteroatoms. The van der Waals surface area contributed by atoms with Crippen molar-refractivity contribution in [3.05, 3.63) is 53.8 Å².